The fraction of sp³-hybridized carbons (Fsp3) is 0.375. The van der Waals surface area contributed by atoms with Gasteiger partial charge in [0.05, 0.1) is 19.0 Å². The number of hydrogen-bond donors (Lipinski definition) is 1. The van der Waals surface area contributed by atoms with Crippen molar-refractivity contribution in [2.45, 2.75) is 12.5 Å². The third-order valence-corrected chi connectivity index (χ3v) is 3.72. The lowest BCUT2D eigenvalue weighted by molar-refractivity contribution is 0.134. The van der Waals surface area contributed by atoms with Gasteiger partial charge in [0.25, 0.3) is 0 Å². The van der Waals surface area contributed by atoms with E-state index >= 15 is 0 Å². The van der Waals surface area contributed by atoms with E-state index in [0.717, 1.165) is 36.7 Å². The molecule has 1 aliphatic rings. The maximum atomic E-state index is 6.24. The Balaban J connectivity index is 1.88. The first-order valence-electron chi connectivity index (χ1n) is 7.15. The molecule has 0 radical (unpaired) electrons. The molecule has 0 bridgehead atoms. The molecule has 1 fully saturated rings. The van der Waals surface area contributed by atoms with Gasteiger partial charge in [-0.15, -0.1) is 0 Å². The fourth-order valence-corrected chi connectivity index (χ4v) is 2.64. The number of aromatic nitrogens is 2. The lowest BCUT2D eigenvalue weighted by Crippen LogP contribution is -2.22. The second-order valence-corrected chi connectivity index (χ2v) is 5.07. The van der Waals surface area contributed by atoms with E-state index in [-0.39, 0.29) is 6.10 Å². The monoisotopic (exact) mass is 285 g/mol. The molecule has 5 nitrogen and oxygen atoms in total. The van der Waals surface area contributed by atoms with Crippen LogP contribution in [0.3, 0.4) is 0 Å². The van der Waals surface area contributed by atoms with Crippen molar-refractivity contribution in [3.63, 3.8) is 0 Å². The summed E-state index contributed by atoms with van der Waals surface area (Å²) in [4.78, 5) is 8.59. The predicted molar refractivity (Wildman–Crippen MR) is 79.4 cm³/mol. The molecule has 0 amide bonds. The number of nitrogens with one attached hydrogen (secondary N) is 1. The molecule has 2 aromatic rings. The summed E-state index contributed by atoms with van der Waals surface area (Å²) in [6.07, 6.45) is 6.10. The minimum atomic E-state index is -0.120. The van der Waals surface area contributed by atoms with Crippen LogP contribution in [-0.4, -0.2) is 30.2 Å². The molecule has 1 aromatic heterocycles. The van der Waals surface area contributed by atoms with Crippen molar-refractivity contribution in [2.75, 3.05) is 20.2 Å². The van der Waals surface area contributed by atoms with Crippen LogP contribution >= 0.6 is 0 Å². The van der Waals surface area contributed by atoms with Crippen LogP contribution < -0.4 is 14.8 Å². The Morgan fingerprint density at radius 3 is 2.76 bits per heavy atom. The molecule has 0 saturated carbocycles. The van der Waals surface area contributed by atoms with E-state index in [1.54, 1.807) is 25.7 Å². The Bertz CT molecular complexity index is 571. The van der Waals surface area contributed by atoms with Crippen LogP contribution in [-0.2, 0) is 0 Å². The van der Waals surface area contributed by atoms with Crippen molar-refractivity contribution < 1.29 is 9.47 Å². The van der Waals surface area contributed by atoms with Gasteiger partial charge < -0.3 is 14.8 Å². The molecule has 2 heterocycles. The van der Waals surface area contributed by atoms with Gasteiger partial charge in [0.1, 0.15) is 6.10 Å². The first kappa shape index (κ1) is 13.8. The summed E-state index contributed by atoms with van der Waals surface area (Å²) in [6.45, 7) is 1.94. The van der Waals surface area contributed by atoms with Gasteiger partial charge in [-0.3, -0.25) is 9.97 Å². The zero-order chi connectivity index (χ0) is 14.5. The fourth-order valence-electron chi connectivity index (χ4n) is 2.64. The normalized spacial score (nSPS) is 19.2. The summed E-state index contributed by atoms with van der Waals surface area (Å²) in [7, 11) is 1.65. The molecule has 5 heteroatoms. The number of nitrogens with zero attached hydrogens (tertiary/aromatic N) is 2. The Morgan fingerprint density at radius 1 is 1.24 bits per heavy atom. The van der Waals surface area contributed by atoms with Crippen LogP contribution in [0.2, 0.25) is 0 Å². The van der Waals surface area contributed by atoms with Crippen molar-refractivity contribution in [2.24, 2.45) is 5.92 Å². The molecule has 1 aliphatic heterocycles. The zero-order valence-corrected chi connectivity index (χ0v) is 12.0. The second kappa shape index (κ2) is 6.54. The molecule has 0 spiro atoms. The summed E-state index contributed by atoms with van der Waals surface area (Å²) < 4.78 is 11.6. The maximum Gasteiger partial charge on any atom is 0.162 e. The van der Waals surface area contributed by atoms with Gasteiger partial charge in [0.2, 0.25) is 0 Å². The van der Waals surface area contributed by atoms with Crippen LogP contribution in [0, 0.1) is 5.92 Å². The van der Waals surface area contributed by atoms with Crippen LogP contribution in [0.15, 0.2) is 42.9 Å². The molecule has 0 unspecified atom stereocenters. The molecule has 1 saturated heterocycles. The molecular weight excluding hydrogens is 266 g/mol. The minimum Gasteiger partial charge on any atom is -0.493 e. The molecular formula is C16H19N3O2. The van der Waals surface area contributed by atoms with Crippen LogP contribution in [0.5, 0.6) is 11.5 Å². The minimum absolute atomic E-state index is 0.120. The third-order valence-electron chi connectivity index (χ3n) is 3.72. The van der Waals surface area contributed by atoms with E-state index in [4.69, 9.17) is 9.47 Å². The van der Waals surface area contributed by atoms with Crippen molar-refractivity contribution >= 4 is 0 Å². The number of ether oxygens (including phenoxy) is 2. The van der Waals surface area contributed by atoms with Gasteiger partial charge in [-0.2, -0.15) is 0 Å². The number of rotatable bonds is 5. The Kier molecular flexibility index (Phi) is 4.31. The SMILES string of the molecule is COc1ccccc1O[C@H](c1cnccn1)[C@@H]1CCNC1. The lowest BCUT2D eigenvalue weighted by atomic mass is 9.99. The Hall–Kier alpha value is -2.14. The van der Waals surface area contributed by atoms with Crippen molar-refractivity contribution in [1.29, 1.82) is 0 Å². The van der Waals surface area contributed by atoms with Gasteiger partial charge in [0, 0.05) is 24.9 Å². The van der Waals surface area contributed by atoms with Crippen LogP contribution in [0.25, 0.3) is 0 Å². The highest BCUT2D eigenvalue weighted by atomic mass is 16.5. The maximum absolute atomic E-state index is 6.24. The van der Waals surface area contributed by atoms with Gasteiger partial charge in [-0.25, -0.2) is 0 Å². The predicted octanol–water partition coefficient (Wildman–Crippen LogP) is 2.21. The molecule has 1 N–H and O–H groups in total. The average Bonchev–Trinajstić information content (AvgIpc) is 3.08. The highest BCUT2D eigenvalue weighted by Crippen LogP contribution is 2.35. The smallest absolute Gasteiger partial charge is 0.162 e. The van der Waals surface area contributed by atoms with Crippen LogP contribution in [0.1, 0.15) is 18.2 Å². The highest BCUT2D eigenvalue weighted by molar-refractivity contribution is 5.39. The van der Waals surface area contributed by atoms with Gasteiger partial charge in [-0.05, 0) is 25.1 Å². The van der Waals surface area contributed by atoms with E-state index < -0.39 is 0 Å². The van der Waals surface area contributed by atoms with Crippen molar-refractivity contribution in [3.8, 4) is 11.5 Å². The van der Waals surface area contributed by atoms with Crippen molar-refractivity contribution in [3.05, 3.63) is 48.5 Å². The van der Waals surface area contributed by atoms with Gasteiger partial charge >= 0.3 is 0 Å². The molecule has 0 aliphatic carbocycles. The number of methoxy groups -OCH3 is 1. The molecule has 2 atom stereocenters. The van der Waals surface area contributed by atoms with E-state index in [1.165, 1.54) is 0 Å². The molecule has 3 rings (SSSR count). The van der Waals surface area contributed by atoms with Crippen LogP contribution in [0.4, 0.5) is 0 Å². The average molecular weight is 285 g/mol. The topological polar surface area (TPSA) is 56.3 Å². The summed E-state index contributed by atoms with van der Waals surface area (Å²) >= 11 is 0. The van der Waals surface area contributed by atoms with E-state index in [2.05, 4.69) is 15.3 Å². The molecule has 21 heavy (non-hydrogen) atoms. The number of benzene rings is 1. The zero-order valence-electron chi connectivity index (χ0n) is 12.0. The van der Waals surface area contributed by atoms with Crippen molar-refractivity contribution in [1.82, 2.24) is 15.3 Å². The van der Waals surface area contributed by atoms with Gasteiger partial charge in [0.15, 0.2) is 11.5 Å². The summed E-state index contributed by atoms with van der Waals surface area (Å²) in [5, 5.41) is 3.38. The Morgan fingerprint density at radius 2 is 2.10 bits per heavy atom. The quantitative estimate of drug-likeness (QED) is 0.913. The molecule has 1 aromatic carbocycles. The standard InChI is InChI=1S/C16H19N3O2/c1-20-14-4-2-3-5-15(14)21-16(12-6-7-17-10-12)13-11-18-8-9-19-13/h2-5,8-9,11-12,16-17H,6-7,10H2,1H3/t12-,16+/m1/s1. The first-order chi connectivity index (χ1) is 10.4. The summed E-state index contributed by atoms with van der Waals surface area (Å²) in [5.41, 5.74) is 0.858. The van der Waals surface area contributed by atoms with E-state index in [0.29, 0.717) is 5.92 Å². The van der Waals surface area contributed by atoms with Gasteiger partial charge in [-0.1, -0.05) is 12.1 Å². The first-order valence-corrected chi connectivity index (χ1v) is 7.15. The summed E-state index contributed by atoms with van der Waals surface area (Å²) in [5.74, 6) is 1.85. The second-order valence-electron chi connectivity index (χ2n) is 5.07. The molecule has 110 valence electrons. The van der Waals surface area contributed by atoms with E-state index in [9.17, 15) is 0 Å². The number of para-hydroxylation sites is 2. The van der Waals surface area contributed by atoms with E-state index in [1.807, 2.05) is 24.3 Å². The number of hydrogen-bond acceptors (Lipinski definition) is 5. The highest BCUT2D eigenvalue weighted by Gasteiger charge is 2.29. The Labute approximate surface area is 124 Å². The largest absolute Gasteiger partial charge is 0.493 e. The lowest BCUT2D eigenvalue weighted by Gasteiger charge is -2.24. The third kappa shape index (κ3) is 3.13. The summed E-state index contributed by atoms with van der Waals surface area (Å²) in [6, 6.07) is 7.69.